The minimum Gasteiger partial charge on any atom is -0.370 e. The van der Waals surface area contributed by atoms with Crippen LogP contribution < -0.4 is 11.1 Å². The van der Waals surface area contributed by atoms with Gasteiger partial charge in [0, 0.05) is 6.54 Å². The van der Waals surface area contributed by atoms with Crippen LogP contribution in [0.4, 0.5) is 0 Å². The fraction of sp³-hybridized carbons (Fsp3) is 0.385. The van der Waals surface area contributed by atoms with Crippen molar-refractivity contribution < 1.29 is 0 Å². The van der Waals surface area contributed by atoms with E-state index in [1.807, 2.05) is 12.1 Å². The largest absolute Gasteiger partial charge is 0.370 e. The number of rotatable bonds is 5. The van der Waals surface area contributed by atoms with Crippen LogP contribution in [0.5, 0.6) is 0 Å². The van der Waals surface area contributed by atoms with Gasteiger partial charge in [-0.05, 0) is 24.1 Å². The van der Waals surface area contributed by atoms with Gasteiger partial charge in [-0.3, -0.25) is 0 Å². The van der Waals surface area contributed by atoms with E-state index in [9.17, 15) is 0 Å². The maximum absolute atomic E-state index is 8.66. The summed E-state index contributed by atoms with van der Waals surface area (Å²) in [6, 6.07) is 9.43. The summed E-state index contributed by atoms with van der Waals surface area (Å²) in [5.74, 6) is 0.475. The Labute approximate surface area is 102 Å². The summed E-state index contributed by atoms with van der Waals surface area (Å²) in [5, 5.41) is 11.7. The standard InChI is InChI=1S/C13H18N4/c1-2-3-8-16-13(15)17-10-12-6-4-11(9-14)5-7-12/h4-7H,2-3,8,10H2,1H3,(H3,15,16,17). The molecule has 0 aliphatic carbocycles. The van der Waals surface area contributed by atoms with E-state index in [1.54, 1.807) is 12.1 Å². The predicted molar refractivity (Wildman–Crippen MR) is 69.4 cm³/mol. The third-order valence-electron chi connectivity index (χ3n) is 2.35. The van der Waals surface area contributed by atoms with E-state index in [2.05, 4.69) is 23.3 Å². The molecule has 3 N–H and O–H groups in total. The molecule has 0 atom stereocenters. The zero-order valence-electron chi connectivity index (χ0n) is 10.1. The predicted octanol–water partition coefficient (Wildman–Crippen LogP) is 1.76. The molecule has 0 bridgehead atoms. The maximum atomic E-state index is 8.66. The van der Waals surface area contributed by atoms with Crippen LogP contribution in [-0.2, 0) is 6.54 Å². The van der Waals surface area contributed by atoms with Crippen molar-refractivity contribution >= 4 is 5.96 Å². The van der Waals surface area contributed by atoms with Crippen LogP contribution in [0.2, 0.25) is 0 Å². The van der Waals surface area contributed by atoms with Crippen LogP contribution in [-0.4, -0.2) is 12.5 Å². The molecule has 0 amide bonds. The summed E-state index contributed by atoms with van der Waals surface area (Å²) in [7, 11) is 0. The Hall–Kier alpha value is -2.02. The number of hydrogen-bond acceptors (Lipinski definition) is 2. The van der Waals surface area contributed by atoms with Crippen molar-refractivity contribution in [2.75, 3.05) is 6.54 Å². The Morgan fingerprint density at radius 3 is 2.71 bits per heavy atom. The third-order valence-corrected chi connectivity index (χ3v) is 2.35. The first-order chi connectivity index (χ1) is 8.26. The molecular formula is C13H18N4. The maximum Gasteiger partial charge on any atom is 0.188 e. The van der Waals surface area contributed by atoms with Crippen LogP contribution in [0.15, 0.2) is 29.3 Å². The molecule has 0 heterocycles. The number of aliphatic imine (C=N–C) groups is 1. The number of hydrogen-bond donors (Lipinski definition) is 2. The van der Waals surface area contributed by atoms with Gasteiger partial charge < -0.3 is 11.1 Å². The van der Waals surface area contributed by atoms with Crippen molar-refractivity contribution in [3.8, 4) is 6.07 Å². The van der Waals surface area contributed by atoms with Crippen LogP contribution in [0.1, 0.15) is 30.9 Å². The van der Waals surface area contributed by atoms with E-state index in [0.29, 0.717) is 18.1 Å². The van der Waals surface area contributed by atoms with E-state index in [-0.39, 0.29) is 0 Å². The molecule has 0 aliphatic rings. The highest BCUT2D eigenvalue weighted by atomic mass is 15.1. The fourth-order valence-corrected chi connectivity index (χ4v) is 1.31. The molecule has 0 aliphatic heterocycles. The number of nitrogens with one attached hydrogen (secondary N) is 1. The lowest BCUT2D eigenvalue weighted by atomic mass is 10.1. The fourth-order valence-electron chi connectivity index (χ4n) is 1.31. The van der Waals surface area contributed by atoms with Crippen molar-refractivity contribution in [3.05, 3.63) is 35.4 Å². The summed E-state index contributed by atoms with van der Waals surface area (Å²) in [6.07, 6.45) is 2.23. The first-order valence-corrected chi connectivity index (χ1v) is 5.79. The van der Waals surface area contributed by atoms with Gasteiger partial charge >= 0.3 is 0 Å². The molecule has 0 aromatic heterocycles. The Bertz CT molecular complexity index is 400. The smallest absolute Gasteiger partial charge is 0.188 e. The van der Waals surface area contributed by atoms with E-state index in [1.165, 1.54) is 0 Å². The van der Waals surface area contributed by atoms with Crippen LogP contribution in [0.25, 0.3) is 0 Å². The quantitative estimate of drug-likeness (QED) is 0.460. The van der Waals surface area contributed by atoms with Gasteiger partial charge in [0.05, 0.1) is 18.2 Å². The molecule has 0 spiro atoms. The highest BCUT2D eigenvalue weighted by Crippen LogP contribution is 2.04. The van der Waals surface area contributed by atoms with Gasteiger partial charge in [-0.1, -0.05) is 25.5 Å². The minimum atomic E-state index is 0.475. The average Bonchev–Trinajstić information content (AvgIpc) is 2.37. The molecule has 0 saturated carbocycles. The second-order valence-corrected chi connectivity index (χ2v) is 3.79. The summed E-state index contributed by atoms with van der Waals surface area (Å²) in [4.78, 5) is 4.22. The van der Waals surface area contributed by atoms with Crippen molar-refractivity contribution in [2.24, 2.45) is 10.7 Å². The summed E-state index contributed by atoms with van der Waals surface area (Å²) < 4.78 is 0. The number of nitriles is 1. The summed E-state index contributed by atoms with van der Waals surface area (Å²) in [5.41, 5.74) is 7.41. The molecule has 1 aromatic carbocycles. The second kappa shape index (κ2) is 7.29. The van der Waals surface area contributed by atoms with Gasteiger partial charge in [0.15, 0.2) is 5.96 Å². The Morgan fingerprint density at radius 2 is 2.12 bits per heavy atom. The Balaban J connectivity index is 2.43. The number of unbranched alkanes of at least 4 members (excludes halogenated alkanes) is 1. The van der Waals surface area contributed by atoms with Crippen molar-refractivity contribution in [1.29, 1.82) is 5.26 Å². The van der Waals surface area contributed by atoms with Crippen LogP contribution in [0.3, 0.4) is 0 Å². The first kappa shape index (κ1) is 13.0. The zero-order valence-corrected chi connectivity index (χ0v) is 10.1. The first-order valence-electron chi connectivity index (χ1n) is 5.79. The lowest BCUT2D eigenvalue weighted by Crippen LogP contribution is -2.32. The molecule has 4 nitrogen and oxygen atoms in total. The van der Waals surface area contributed by atoms with E-state index < -0.39 is 0 Å². The normalized spacial score (nSPS) is 10.9. The molecule has 0 saturated heterocycles. The van der Waals surface area contributed by atoms with Gasteiger partial charge in [-0.2, -0.15) is 5.26 Å². The number of nitrogens with two attached hydrogens (primary N) is 1. The molecular weight excluding hydrogens is 212 g/mol. The summed E-state index contributed by atoms with van der Waals surface area (Å²) in [6.45, 7) is 3.53. The molecule has 0 fully saturated rings. The van der Waals surface area contributed by atoms with Crippen molar-refractivity contribution in [1.82, 2.24) is 5.32 Å². The lowest BCUT2D eigenvalue weighted by molar-refractivity contribution is 0.748. The molecule has 17 heavy (non-hydrogen) atoms. The zero-order chi connectivity index (χ0) is 12.5. The molecule has 90 valence electrons. The van der Waals surface area contributed by atoms with E-state index in [0.717, 1.165) is 24.9 Å². The van der Waals surface area contributed by atoms with Crippen LogP contribution >= 0.6 is 0 Å². The van der Waals surface area contributed by atoms with Gasteiger partial charge in [0.2, 0.25) is 0 Å². The Morgan fingerprint density at radius 1 is 1.41 bits per heavy atom. The number of nitrogens with zero attached hydrogens (tertiary/aromatic N) is 2. The minimum absolute atomic E-state index is 0.475. The summed E-state index contributed by atoms with van der Waals surface area (Å²) >= 11 is 0. The van der Waals surface area contributed by atoms with E-state index >= 15 is 0 Å². The lowest BCUT2D eigenvalue weighted by Gasteiger charge is -2.04. The number of guanidine groups is 1. The Kier molecular flexibility index (Phi) is 5.59. The van der Waals surface area contributed by atoms with Gasteiger partial charge in [-0.25, -0.2) is 4.99 Å². The monoisotopic (exact) mass is 230 g/mol. The van der Waals surface area contributed by atoms with Gasteiger partial charge in [0.25, 0.3) is 0 Å². The third kappa shape index (κ3) is 5.03. The number of benzene rings is 1. The van der Waals surface area contributed by atoms with Crippen molar-refractivity contribution in [2.45, 2.75) is 26.3 Å². The second-order valence-electron chi connectivity index (χ2n) is 3.79. The van der Waals surface area contributed by atoms with E-state index in [4.69, 9.17) is 11.0 Å². The topological polar surface area (TPSA) is 74.2 Å². The SMILES string of the molecule is CCCCNC(N)=NCc1ccc(C#N)cc1. The van der Waals surface area contributed by atoms with Crippen LogP contribution in [0, 0.1) is 11.3 Å². The molecule has 0 unspecified atom stereocenters. The molecule has 4 heteroatoms. The molecule has 1 rings (SSSR count). The van der Waals surface area contributed by atoms with Crippen molar-refractivity contribution in [3.63, 3.8) is 0 Å². The molecule has 0 radical (unpaired) electrons. The van der Waals surface area contributed by atoms with Gasteiger partial charge in [-0.15, -0.1) is 0 Å². The highest BCUT2D eigenvalue weighted by molar-refractivity contribution is 5.77. The highest BCUT2D eigenvalue weighted by Gasteiger charge is 1.94. The average molecular weight is 230 g/mol. The molecule has 1 aromatic rings. The van der Waals surface area contributed by atoms with Gasteiger partial charge in [0.1, 0.15) is 0 Å².